The predicted molar refractivity (Wildman–Crippen MR) is 96.1 cm³/mol. The Kier molecular flexibility index (Phi) is 5.14. The van der Waals surface area contributed by atoms with Gasteiger partial charge in [-0.1, -0.05) is 32.0 Å². The Bertz CT molecular complexity index is 741. The summed E-state index contributed by atoms with van der Waals surface area (Å²) < 4.78 is 5.37. The van der Waals surface area contributed by atoms with E-state index in [1.54, 1.807) is 4.90 Å². The Morgan fingerprint density at radius 2 is 2.17 bits per heavy atom. The van der Waals surface area contributed by atoms with Crippen LogP contribution >= 0.6 is 11.5 Å². The number of carbonyl (C=O) groups is 2. The standard InChI is InChI=1S/C18H23N3O2S/c1-12(2)10-19-17(22)13-6-5-9-21(11-13)18(23)16-14-7-3-4-8-15(14)24-20-16/h3-4,7-8,12-13H,5-6,9-11H2,1-2H3,(H,19,22). The Morgan fingerprint density at radius 1 is 1.38 bits per heavy atom. The molecule has 0 bridgehead atoms. The number of hydrogen-bond acceptors (Lipinski definition) is 4. The fourth-order valence-corrected chi connectivity index (χ4v) is 3.78. The summed E-state index contributed by atoms with van der Waals surface area (Å²) in [6.45, 7) is 6.00. The van der Waals surface area contributed by atoms with Gasteiger partial charge in [0.1, 0.15) is 5.69 Å². The minimum Gasteiger partial charge on any atom is -0.356 e. The Balaban J connectivity index is 1.70. The third kappa shape index (κ3) is 3.59. The molecule has 2 aromatic rings. The average Bonchev–Trinajstić information content (AvgIpc) is 3.03. The van der Waals surface area contributed by atoms with Crippen molar-refractivity contribution in [1.82, 2.24) is 14.6 Å². The molecule has 3 rings (SSSR count). The maximum absolute atomic E-state index is 12.8. The lowest BCUT2D eigenvalue weighted by Crippen LogP contribution is -2.46. The lowest BCUT2D eigenvalue weighted by atomic mass is 9.96. The molecule has 1 aliphatic rings. The van der Waals surface area contributed by atoms with Crippen molar-refractivity contribution in [3.63, 3.8) is 0 Å². The van der Waals surface area contributed by atoms with E-state index in [1.165, 1.54) is 11.5 Å². The van der Waals surface area contributed by atoms with Gasteiger partial charge in [0.2, 0.25) is 5.91 Å². The minimum absolute atomic E-state index is 0.0596. The van der Waals surface area contributed by atoms with Crippen LogP contribution in [-0.4, -0.2) is 40.7 Å². The monoisotopic (exact) mass is 345 g/mol. The first-order valence-corrected chi connectivity index (χ1v) is 9.25. The van der Waals surface area contributed by atoms with Gasteiger partial charge < -0.3 is 10.2 Å². The summed E-state index contributed by atoms with van der Waals surface area (Å²) in [4.78, 5) is 26.9. The number of carbonyl (C=O) groups excluding carboxylic acids is 2. The van der Waals surface area contributed by atoms with Crippen LogP contribution in [0.3, 0.4) is 0 Å². The number of hydrogen-bond donors (Lipinski definition) is 1. The van der Waals surface area contributed by atoms with Gasteiger partial charge >= 0.3 is 0 Å². The summed E-state index contributed by atoms with van der Waals surface area (Å²) in [5.41, 5.74) is 0.513. The molecule has 0 radical (unpaired) electrons. The van der Waals surface area contributed by atoms with E-state index in [0.29, 0.717) is 31.2 Å². The van der Waals surface area contributed by atoms with Crippen LogP contribution in [0, 0.1) is 11.8 Å². The van der Waals surface area contributed by atoms with Gasteiger partial charge in [0, 0.05) is 25.0 Å². The number of likely N-dealkylation sites (tertiary alicyclic amines) is 1. The summed E-state index contributed by atoms with van der Waals surface area (Å²) in [6.07, 6.45) is 1.69. The Morgan fingerprint density at radius 3 is 2.96 bits per heavy atom. The summed E-state index contributed by atoms with van der Waals surface area (Å²) >= 11 is 1.35. The molecule has 1 N–H and O–H groups in total. The highest BCUT2D eigenvalue weighted by Gasteiger charge is 2.30. The van der Waals surface area contributed by atoms with E-state index in [-0.39, 0.29) is 17.7 Å². The third-order valence-corrected chi connectivity index (χ3v) is 5.17. The number of nitrogens with zero attached hydrogens (tertiary/aromatic N) is 2. The lowest BCUT2D eigenvalue weighted by molar-refractivity contribution is -0.126. The van der Waals surface area contributed by atoms with Crippen LogP contribution in [0.25, 0.3) is 10.1 Å². The normalized spacial score (nSPS) is 18.1. The van der Waals surface area contributed by atoms with Crippen molar-refractivity contribution >= 4 is 33.4 Å². The SMILES string of the molecule is CC(C)CNC(=O)C1CCCN(C(=O)c2nsc3ccccc23)C1. The first-order chi connectivity index (χ1) is 11.6. The number of aromatic nitrogens is 1. The van der Waals surface area contributed by atoms with Crippen molar-refractivity contribution in [2.45, 2.75) is 26.7 Å². The van der Waals surface area contributed by atoms with Gasteiger partial charge in [0.15, 0.2) is 0 Å². The fourth-order valence-electron chi connectivity index (χ4n) is 3.01. The first-order valence-electron chi connectivity index (χ1n) is 8.47. The highest BCUT2D eigenvalue weighted by atomic mass is 32.1. The zero-order valence-corrected chi connectivity index (χ0v) is 14.9. The second-order valence-electron chi connectivity index (χ2n) is 6.76. The van der Waals surface area contributed by atoms with Crippen LogP contribution in [-0.2, 0) is 4.79 Å². The summed E-state index contributed by atoms with van der Waals surface area (Å²) in [5.74, 6) is 0.307. The molecule has 1 unspecified atom stereocenters. The number of amides is 2. The van der Waals surface area contributed by atoms with Crippen molar-refractivity contribution in [3.05, 3.63) is 30.0 Å². The summed E-state index contributed by atoms with van der Waals surface area (Å²) in [7, 11) is 0. The van der Waals surface area contributed by atoms with Gasteiger partial charge in [-0.25, -0.2) is 0 Å². The van der Waals surface area contributed by atoms with Crippen molar-refractivity contribution in [2.24, 2.45) is 11.8 Å². The molecule has 0 saturated carbocycles. The van der Waals surface area contributed by atoms with Gasteiger partial charge in [0.05, 0.1) is 10.6 Å². The van der Waals surface area contributed by atoms with E-state index in [9.17, 15) is 9.59 Å². The van der Waals surface area contributed by atoms with E-state index in [1.807, 2.05) is 24.3 Å². The van der Waals surface area contributed by atoms with Gasteiger partial charge in [-0.15, -0.1) is 0 Å². The van der Waals surface area contributed by atoms with E-state index < -0.39 is 0 Å². The molecule has 2 amide bonds. The molecular weight excluding hydrogens is 322 g/mol. The lowest BCUT2D eigenvalue weighted by Gasteiger charge is -2.31. The van der Waals surface area contributed by atoms with Gasteiger partial charge in [-0.2, -0.15) is 4.37 Å². The summed E-state index contributed by atoms with van der Waals surface area (Å²) in [5, 5.41) is 3.89. The molecule has 1 fully saturated rings. The van der Waals surface area contributed by atoms with Crippen molar-refractivity contribution in [1.29, 1.82) is 0 Å². The molecule has 5 nitrogen and oxygen atoms in total. The number of rotatable bonds is 4. The maximum Gasteiger partial charge on any atom is 0.274 e. The van der Waals surface area contributed by atoms with Gasteiger partial charge in [-0.3, -0.25) is 9.59 Å². The topological polar surface area (TPSA) is 62.3 Å². The molecule has 6 heteroatoms. The number of benzene rings is 1. The first kappa shape index (κ1) is 16.9. The van der Waals surface area contributed by atoms with E-state index in [4.69, 9.17) is 0 Å². The molecule has 2 heterocycles. The largest absolute Gasteiger partial charge is 0.356 e. The average molecular weight is 345 g/mol. The molecule has 1 aromatic heterocycles. The van der Waals surface area contributed by atoms with Gasteiger partial charge in [0.25, 0.3) is 5.91 Å². The van der Waals surface area contributed by atoms with Crippen molar-refractivity contribution in [2.75, 3.05) is 19.6 Å². The molecule has 0 aliphatic carbocycles. The van der Waals surface area contributed by atoms with Crippen LogP contribution < -0.4 is 5.32 Å². The smallest absolute Gasteiger partial charge is 0.274 e. The van der Waals surface area contributed by atoms with E-state index >= 15 is 0 Å². The fraction of sp³-hybridized carbons (Fsp3) is 0.500. The second kappa shape index (κ2) is 7.30. The highest BCUT2D eigenvalue weighted by molar-refractivity contribution is 7.13. The van der Waals surface area contributed by atoms with E-state index in [0.717, 1.165) is 22.9 Å². The number of nitrogens with one attached hydrogen (secondary N) is 1. The molecular formula is C18H23N3O2S. The Hall–Kier alpha value is -1.95. The molecule has 1 aliphatic heterocycles. The van der Waals surface area contributed by atoms with E-state index in [2.05, 4.69) is 23.5 Å². The molecule has 128 valence electrons. The zero-order valence-electron chi connectivity index (χ0n) is 14.1. The Labute approximate surface area is 146 Å². The molecule has 1 atom stereocenters. The predicted octanol–water partition coefficient (Wildman–Crippen LogP) is 2.92. The molecule has 1 aromatic carbocycles. The quantitative estimate of drug-likeness (QED) is 0.927. The van der Waals surface area contributed by atoms with Crippen LogP contribution in [0.1, 0.15) is 37.2 Å². The second-order valence-corrected chi connectivity index (χ2v) is 7.56. The minimum atomic E-state index is -0.119. The van der Waals surface area contributed by atoms with Crippen LogP contribution in [0.2, 0.25) is 0 Å². The molecule has 24 heavy (non-hydrogen) atoms. The molecule has 1 saturated heterocycles. The highest BCUT2D eigenvalue weighted by Crippen LogP contribution is 2.25. The third-order valence-electron chi connectivity index (χ3n) is 4.34. The van der Waals surface area contributed by atoms with Crippen molar-refractivity contribution < 1.29 is 9.59 Å². The zero-order chi connectivity index (χ0) is 17.1. The van der Waals surface area contributed by atoms with Crippen molar-refractivity contribution in [3.8, 4) is 0 Å². The maximum atomic E-state index is 12.8. The van der Waals surface area contributed by atoms with Crippen LogP contribution in [0.5, 0.6) is 0 Å². The molecule has 0 spiro atoms. The number of fused-ring (bicyclic) bond motifs is 1. The van der Waals surface area contributed by atoms with Crippen LogP contribution in [0.15, 0.2) is 24.3 Å². The summed E-state index contributed by atoms with van der Waals surface area (Å²) in [6, 6.07) is 7.78. The number of piperidine rings is 1. The van der Waals surface area contributed by atoms with Crippen LogP contribution in [0.4, 0.5) is 0 Å². The van der Waals surface area contributed by atoms with Gasteiger partial charge in [-0.05, 0) is 36.4 Å².